The molecule has 0 radical (unpaired) electrons. The largest absolute Gasteiger partial charge is 0.397 e. The molecule has 3 aromatic rings. The van der Waals surface area contributed by atoms with Crippen LogP contribution in [0.25, 0.3) is 11.1 Å². The Morgan fingerprint density at radius 1 is 0.889 bits per heavy atom. The number of carbonyl (C=O) groups excluding carboxylic acids is 1. The van der Waals surface area contributed by atoms with E-state index in [4.69, 9.17) is 5.73 Å². The van der Waals surface area contributed by atoms with Crippen molar-refractivity contribution in [1.29, 1.82) is 0 Å². The Labute approximate surface area is 161 Å². The summed E-state index contributed by atoms with van der Waals surface area (Å²) in [7, 11) is 0. The van der Waals surface area contributed by atoms with E-state index in [1.807, 2.05) is 60.7 Å². The summed E-state index contributed by atoms with van der Waals surface area (Å²) < 4.78 is 0. The van der Waals surface area contributed by atoms with E-state index in [-0.39, 0.29) is 5.91 Å². The van der Waals surface area contributed by atoms with E-state index in [1.54, 1.807) is 0 Å². The predicted octanol–water partition coefficient (Wildman–Crippen LogP) is 6.09. The van der Waals surface area contributed by atoms with Crippen LogP contribution in [0.15, 0.2) is 72.8 Å². The highest BCUT2D eigenvalue weighted by molar-refractivity contribution is 6.06. The lowest BCUT2D eigenvalue weighted by atomic mass is 9.93. The van der Waals surface area contributed by atoms with Crippen molar-refractivity contribution < 1.29 is 4.79 Å². The number of nitrogens with two attached hydrogens (primary N) is 1. The third-order valence-electron chi connectivity index (χ3n) is 5.04. The third kappa shape index (κ3) is 4.37. The molecule has 3 heteroatoms. The minimum atomic E-state index is -0.150. The molecule has 0 aliphatic carbocycles. The Kier molecular flexibility index (Phi) is 5.92. The Balaban J connectivity index is 1.79. The summed E-state index contributed by atoms with van der Waals surface area (Å²) in [6.45, 7) is 4.38. The molecular formula is C24H26N2O. The van der Waals surface area contributed by atoms with Gasteiger partial charge in [0.1, 0.15) is 0 Å². The first-order valence-corrected chi connectivity index (χ1v) is 9.48. The number of nitrogens with one attached hydrogen (secondary N) is 1. The monoisotopic (exact) mass is 358 g/mol. The average molecular weight is 358 g/mol. The topological polar surface area (TPSA) is 55.1 Å². The molecule has 1 amide bonds. The maximum Gasteiger partial charge on any atom is 0.255 e. The molecule has 3 aromatic carbocycles. The predicted molar refractivity (Wildman–Crippen MR) is 114 cm³/mol. The standard InChI is InChI=1S/C24H26N2O/c1-3-17(4-2)19-10-12-20(13-11-19)24(27)26-23-16-21(14-15-22(23)25)18-8-6-5-7-9-18/h5-17H,3-4,25H2,1-2H3,(H,26,27). The lowest BCUT2D eigenvalue weighted by Crippen LogP contribution is -2.13. The van der Waals surface area contributed by atoms with Gasteiger partial charge >= 0.3 is 0 Å². The molecule has 138 valence electrons. The van der Waals surface area contributed by atoms with Gasteiger partial charge in [0, 0.05) is 5.56 Å². The van der Waals surface area contributed by atoms with Gasteiger partial charge in [-0.3, -0.25) is 4.79 Å². The summed E-state index contributed by atoms with van der Waals surface area (Å²) in [4.78, 5) is 12.7. The summed E-state index contributed by atoms with van der Waals surface area (Å²) in [5.74, 6) is 0.392. The van der Waals surface area contributed by atoms with Crippen molar-refractivity contribution in [3.05, 3.63) is 83.9 Å². The van der Waals surface area contributed by atoms with E-state index < -0.39 is 0 Å². The lowest BCUT2D eigenvalue weighted by molar-refractivity contribution is 0.102. The van der Waals surface area contributed by atoms with E-state index in [1.165, 1.54) is 5.56 Å². The molecule has 0 aliphatic rings. The van der Waals surface area contributed by atoms with Gasteiger partial charge in [0.2, 0.25) is 0 Å². The molecule has 3 rings (SSSR count). The van der Waals surface area contributed by atoms with Gasteiger partial charge in [-0.1, -0.05) is 62.4 Å². The second-order valence-corrected chi connectivity index (χ2v) is 6.76. The van der Waals surface area contributed by atoms with Crippen LogP contribution in [0.2, 0.25) is 0 Å². The number of carbonyl (C=O) groups is 1. The summed E-state index contributed by atoms with van der Waals surface area (Å²) in [5, 5.41) is 2.95. The first kappa shape index (κ1) is 18.7. The quantitative estimate of drug-likeness (QED) is 0.524. The molecule has 0 aromatic heterocycles. The fourth-order valence-electron chi connectivity index (χ4n) is 3.34. The fourth-order valence-corrected chi connectivity index (χ4v) is 3.34. The Bertz CT molecular complexity index is 897. The molecule has 27 heavy (non-hydrogen) atoms. The summed E-state index contributed by atoms with van der Waals surface area (Å²) in [5.41, 5.74) is 11.3. The zero-order valence-electron chi connectivity index (χ0n) is 15.9. The van der Waals surface area contributed by atoms with Gasteiger partial charge in [-0.2, -0.15) is 0 Å². The van der Waals surface area contributed by atoms with Gasteiger partial charge in [0.05, 0.1) is 11.4 Å². The van der Waals surface area contributed by atoms with E-state index in [0.717, 1.165) is 24.0 Å². The third-order valence-corrected chi connectivity index (χ3v) is 5.04. The van der Waals surface area contributed by atoms with E-state index in [0.29, 0.717) is 22.9 Å². The zero-order chi connectivity index (χ0) is 19.2. The molecule has 0 bridgehead atoms. The van der Waals surface area contributed by atoms with Gasteiger partial charge in [-0.15, -0.1) is 0 Å². The Morgan fingerprint density at radius 3 is 2.19 bits per heavy atom. The molecule has 0 aliphatic heterocycles. The average Bonchev–Trinajstić information content (AvgIpc) is 2.71. The van der Waals surface area contributed by atoms with Crippen molar-refractivity contribution in [2.24, 2.45) is 0 Å². The second-order valence-electron chi connectivity index (χ2n) is 6.76. The SMILES string of the molecule is CCC(CC)c1ccc(C(=O)Nc2cc(-c3ccccc3)ccc2N)cc1. The second kappa shape index (κ2) is 8.54. The first-order chi connectivity index (χ1) is 13.1. The molecule has 0 atom stereocenters. The van der Waals surface area contributed by atoms with Crippen molar-refractivity contribution in [3.8, 4) is 11.1 Å². The van der Waals surface area contributed by atoms with E-state index >= 15 is 0 Å². The minimum Gasteiger partial charge on any atom is -0.397 e. The highest BCUT2D eigenvalue weighted by atomic mass is 16.1. The normalized spacial score (nSPS) is 10.8. The first-order valence-electron chi connectivity index (χ1n) is 9.48. The van der Waals surface area contributed by atoms with E-state index in [2.05, 4.69) is 31.3 Å². The van der Waals surface area contributed by atoms with Crippen LogP contribution in [0, 0.1) is 0 Å². The Hall–Kier alpha value is -3.07. The van der Waals surface area contributed by atoms with Crippen LogP contribution in [0.5, 0.6) is 0 Å². The molecule has 0 unspecified atom stereocenters. The minimum absolute atomic E-state index is 0.150. The van der Waals surface area contributed by atoms with Gasteiger partial charge in [0.25, 0.3) is 5.91 Å². The van der Waals surface area contributed by atoms with Crippen LogP contribution in [-0.4, -0.2) is 5.91 Å². The van der Waals surface area contributed by atoms with Crippen molar-refractivity contribution in [2.75, 3.05) is 11.1 Å². The number of rotatable bonds is 6. The molecule has 0 saturated heterocycles. The summed E-state index contributed by atoms with van der Waals surface area (Å²) in [6, 6.07) is 23.6. The van der Waals surface area contributed by atoms with Crippen molar-refractivity contribution in [2.45, 2.75) is 32.6 Å². The number of benzene rings is 3. The van der Waals surface area contributed by atoms with Crippen LogP contribution in [0.4, 0.5) is 11.4 Å². The molecular weight excluding hydrogens is 332 g/mol. The number of nitrogen functional groups attached to an aromatic ring is 1. The van der Waals surface area contributed by atoms with Gasteiger partial charge in [-0.05, 0) is 59.7 Å². The molecule has 0 saturated carbocycles. The van der Waals surface area contributed by atoms with Gasteiger partial charge < -0.3 is 11.1 Å². The molecule has 0 heterocycles. The molecule has 3 nitrogen and oxygen atoms in total. The number of anilines is 2. The molecule has 0 fully saturated rings. The van der Waals surface area contributed by atoms with Crippen molar-refractivity contribution >= 4 is 17.3 Å². The van der Waals surface area contributed by atoms with Crippen molar-refractivity contribution in [3.63, 3.8) is 0 Å². The van der Waals surface area contributed by atoms with Crippen LogP contribution in [0.3, 0.4) is 0 Å². The number of amides is 1. The van der Waals surface area contributed by atoms with Crippen LogP contribution in [0.1, 0.15) is 48.5 Å². The molecule has 3 N–H and O–H groups in total. The summed E-state index contributed by atoms with van der Waals surface area (Å²) in [6.07, 6.45) is 2.20. The highest BCUT2D eigenvalue weighted by Gasteiger charge is 2.11. The van der Waals surface area contributed by atoms with E-state index in [9.17, 15) is 4.79 Å². The zero-order valence-corrected chi connectivity index (χ0v) is 15.9. The maximum absolute atomic E-state index is 12.7. The highest BCUT2D eigenvalue weighted by Crippen LogP contribution is 2.28. The van der Waals surface area contributed by atoms with Crippen LogP contribution < -0.4 is 11.1 Å². The molecule has 0 spiro atoms. The Morgan fingerprint density at radius 2 is 1.56 bits per heavy atom. The number of hydrogen-bond acceptors (Lipinski definition) is 2. The van der Waals surface area contributed by atoms with Crippen molar-refractivity contribution in [1.82, 2.24) is 0 Å². The fraction of sp³-hybridized carbons (Fsp3) is 0.208. The van der Waals surface area contributed by atoms with Crippen LogP contribution in [-0.2, 0) is 0 Å². The smallest absolute Gasteiger partial charge is 0.255 e. The van der Waals surface area contributed by atoms with Gasteiger partial charge in [-0.25, -0.2) is 0 Å². The van der Waals surface area contributed by atoms with Gasteiger partial charge in [0.15, 0.2) is 0 Å². The summed E-state index contributed by atoms with van der Waals surface area (Å²) >= 11 is 0. The maximum atomic E-state index is 12.7. The lowest BCUT2D eigenvalue weighted by Gasteiger charge is -2.14. The number of hydrogen-bond donors (Lipinski definition) is 2. The van der Waals surface area contributed by atoms with Crippen LogP contribution >= 0.6 is 0 Å².